The van der Waals surface area contributed by atoms with Gasteiger partial charge in [0.05, 0.1) is 12.3 Å². The number of hydrogen-bond acceptors (Lipinski definition) is 2. The van der Waals surface area contributed by atoms with Gasteiger partial charge in [0.1, 0.15) is 5.76 Å². The predicted molar refractivity (Wildman–Crippen MR) is 78.3 cm³/mol. The van der Waals surface area contributed by atoms with Gasteiger partial charge in [-0.05, 0) is 42.4 Å². The van der Waals surface area contributed by atoms with Crippen molar-refractivity contribution in [1.82, 2.24) is 5.32 Å². The van der Waals surface area contributed by atoms with Gasteiger partial charge in [0.15, 0.2) is 0 Å². The second-order valence-corrected chi connectivity index (χ2v) is 4.82. The van der Waals surface area contributed by atoms with Gasteiger partial charge in [-0.3, -0.25) is 0 Å². The van der Waals surface area contributed by atoms with Gasteiger partial charge < -0.3 is 9.73 Å². The SMILES string of the molecule is CNC(c1coc(C)c1)c1ccc2ccccc2c1. The Kier molecular flexibility index (Phi) is 3.10. The Hall–Kier alpha value is -2.06. The molecule has 2 heteroatoms. The van der Waals surface area contributed by atoms with Gasteiger partial charge in [-0.25, -0.2) is 0 Å². The normalized spacial score (nSPS) is 12.7. The van der Waals surface area contributed by atoms with E-state index in [1.807, 2.05) is 20.2 Å². The van der Waals surface area contributed by atoms with Crippen molar-refractivity contribution in [3.8, 4) is 0 Å². The van der Waals surface area contributed by atoms with Crippen LogP contribution in [0.25, 0.3) is 10.8 Å². The third-order valence-corrected chi connectivity index (χ3v) is 3.48. The Morgan fingerprint density at radius 1 is 0.947 bits per heavy atom. The molecular formula is C17H17NO. The lowest BCUT2D eigenvalue weighted by atomic mass is 9.98. The molecule has 0 fully saturated rings. The molecule has 0 saturated heterocycles. The zero-order valence-electron chi connectivity index (χ0n) is 11.2. The molecule has 3 rings (SSSR count). The maximum atomic E-state index is 5.42. The summed E-state index contributed by atoms with van der Waals surface area (Å²) < 4.78 is 5.42. The summed E-state index contributed by atoms with van der Waals surface area (Å²) in [5, 5.41) is 5.89. The zero-order valence-corrected chi connectivity index (χ0v) is 11.2. The smallest absolute Gasteiger partial charge is 0.101 e. The van der Waals surface area contributed by atoms with Crippen molar-refractivity contribution < 1.29 is 4.42 Å². The van der Waals surface area contributed by atoms with Crippen molar-refractivity contribution in [2.75, 3.05) is 7.05 Å². The van der Waals surface area contributed by atoms with E-state index in [2.05, 4.69) is 53.8 Å². The fraction of sp³-hybridized carbons (Fsp3) is 0.176. The van der Waals surface area contributed by atoms with Gasteiger partial charge in [-0.1, -0.05) is 36.4 Å². The van der Waals surface area contributed by atoms with E-state index in [-0.39, 0.29) is 6.04 Å². The highest BCUT2D eigenvalue weighted by Gasteiger charge is 2.14. The highest BCUT2D eigenvalue weighted by Crippen LogP contribution is 2.26. The van der Waals surface area contributed by atoms with Gasteiger partial charge in [0.2, 0.25) is 0 Å². The number of rotatable bonds is 3. The number of furan rings is 1. The minimum atomic E-state index is 0.169. The Morgan fingerprint density at radius 2 is 1.74 bits per heavy atom. The number of aryl methyl sites for hydroxylation is 1. The highest BCUT2D eigenvalue weighted by molar-refractivity contribution is 5.83. The third-order valence-electron chi connectivity index (χ3n) is 3.48. The molecule has 3 aromatic rings. The third kappa shape index (κ3) is 2.27. The number of benzene rings is 2. The van der Waals surface area contributed by atoms with E-state index in [1.165, 1.54) is 16.3 Å². The van der Waals surface area contributed by atoms with Crippen molar-refractivity contribution in [2.45, 2.75) is 13.0 Å². The Bertz CT molecular complexity index is 699. The monoisotopic (exact) mass is 251 g/mol. The van der Waals surface area contributed by atoms with Gasteiger partial charge in [0.25, 0.3) is 0 Å². The van der Waals surface area contributed by atoms with E-state index in [9.17, 15) is 0 Å². The van der Waals surface area contributed by atoms with Gasteiger partial charge in [-0.15, -0.1) is 0 Å². The molecule has 1 N–H and O–H groups in total. The summed E-state index contributed by atoms with van der Waals surface area (Å²) in [7, 11) is 1.97. The molecule has 0 radical (unpaired) electrons. The average Bonchev–Trinajstić information content (AvgIpc) is 2.86. The highest BCUT2D eigenvalue weighted by atomic mass is 16.3. The standard InChI is InChI=1S/C17H17NO/c1-12-9-16(11-19-12)17(18-2)15-8-7-13-5-3-4-6-14(13)10-15/h3-11,17-18H,1-2H3. The van der Waals surface area contributed by atoms with Gasteiger partial charge >= 0.3 is 0 Å². The van der Waals surface area contributed by atoms with Gasteiger partial charge in [0, 0.05) is 5.56 Å². The summed E-state index contributed by atoms with van der Waals surface area (Å²) in [6, 6.07) is 17.2. The second kappa shape index (κ2) is 4.90. The molecule has 0 amide bonds. The second-order valence-electron chi connectivity index (χ2n) is 4.82. The molecule has 0 spiro atoms. The first kappa shape index (κ1) is 12.0. The predicted octanol–water partition coefficient (Wildman–Crippen LogP) is 4.05. The molecular weight excluding hydrogens is 234 g/mol. The van der Waals surface area contributed by atoms with Crippen LogP contribution in [-0.4, -0.2) is 7.05 Å². The number of fused-ring (bicyclic) bond motifs is 1. The maximum absolute atomic E-state index is 5.42. The van der Waals surface area contributed by atoms with Crippen LogP contribution in [0, 0.1) is 6.92 Å². The van der Waals surface area contributed by atoms with Crippen molar-refractivity contribution in [3.63, 3.8) is 0 Å². The van der Waals surface area contributed by atoms with Crippen LogP contribution >= 0.6 is 0 Å². The molecule has 1 heterocycles. The topological polar surface area (TPSA) is 25.2 Å². The quantitative estimate of drug-likeness (QED) is 0.759. The first-order valence-corrected chi connectivity index (χ1v) is 6.49. The van der Waals surface area contributed by atoms with Crippen molar-refractivity contribution in [2.24, 2.45) is 0 Å². The zero-order chi connectivity index (χ0) is 13.2. The lowest BCUT2D eigenvalue weighted by molar-refractivity contribution is 0.528. The van der Waals surface area contributed by atoms with Crippen molar-refractivity contribution in [3.05, 3.63) is 71.7 Å². The largest absolute Gasteiger partial charge is 0.469 e. The molecule has 0 aliphatic carbocycles. The van der Waals surface area contributed by atoms with E-state index in [1.54, 1.807) is 0 Å². The van der Waals surface area contributed by atoms with Crippen molar-refractivity contribution in [1.29, 1.82) is 0 Å². The minimum absolute atomic E-state index is 0.169. The molecule has 19 heavy (non-hydrogen) atoms. The molecule has 0 bridgehead atoms. The minimum Gasteiger partial charge on any atom is -0.469 e. The summed E-state index contributed by atoms with van der Waals surface area (Å²) >= 11 is 0. The molecule has 1 aromatic heterocycles. The first-order chi connectivity index (χ1) is 9.28. The molecule has 0 saturated carbocycles. The van der Waals surface area contributed by atoms with Crippen LogP contribution in [0.4, 0.5) is 0 Å². The van der Waals surface area contributed by atoms with Crippen LogP contribution in [0.5, 0.6) is 0 Å². The van der Waals surface area contributed by atoms with Crippen LogP contribution in [0.2, 0.25) is 0 Å². The van der Waals surface area contributed by atoms with E-state index in [0.29, 0.717) is 0 Å². The molecule has 2 nitrogen and oxygen atoms in total. The molecule has 1 atom stereocenters. The summed E-state index contributed by atoms with van der Waals surface area (Å²) in [6.07, 6.45) is 1.83. The van der Waals surface area contributed by atoms with Crippen molar-refractivity contribution >= 4 is 10.8 Å². The molecule has 0 aliphatic heterocycles. The van der Waals surface area contributed by atoms with Gasteiger partial charge in [-0.2, -0.15) is 0 Å². The Labute approximate surface area is 113 Å². The van der Waals surface area contributed by atoms with Crippen LogP contribution in [0.3, 0.4) is 0 Å². The summed E-state index contributed by atoms with van der Waals surface area (Å²) in [5.74, 6) is 0.941. The number of nitrogens with one attached hydrogen (secondary N) is 1. The van der Waals surface area contributed by atoms with E-state index in [4.69, 9.17) is 4.42 Å². The lowest BCUT2D eigenvalue weighted by Crippen LogP contribution is -2.16. The molecule has 96 valence electrons. The molecule has 1 unspecified atom stereocenters. The Morgan fingerprint density at radius 3 is 2.42 bits per heavy atom. The first-order valence-electron chi connectivity index (χ1n) is 6.49. The van der Waals surface area contributed by atoms with Crippen LogP contribution in [0.15, 0.2) is 59.2 Å². The number of hydrogen-bond donors (Lipinski definition) is 1. The Balaban J connectivity index is 2.06. The van der Waals surface area contributed by atoms with E-state index in [0.717, 1.165) is 11.3 Å². The van der Waals surface area contributed by atoms with E-state index < -0.39 is 0 Å². The van der Waals surface area contributed by atoms with Crippen LogP contribution < -0.4 is 5.32 Å². The van der Waals surface area contributed by atoms with Crippen LogP contribution in [0.1, 0.15) is 22.9 Å². The van der Waals surface area contributed by atoms with E-state index >= 15 is 0 Å². The summed E-state index contributed by atoms with van der Waals surface area (Å²) in [4.78, 5) is 0. The fourth-order valence-corrected chi connectivity index (χ4v) is 2.53. The summed E-state index contributed by atoms with van der Waals surface area (Å²) in [5.41, 5.74) is 2.41. The average molecular weight is 251 g/mol. The lowest BCUT2D eigenvalue weighted by Gasteiger charge is -2.15. The summed E-state index contributed by atoms with van der Waals surface area (Å²) in [6.45, 7) is 1.97. The van der Waals surface area contributed by atoms with Crippen LogP contribution in [-0.2, 0) is 0 Å². The fourth-order valence-electron chi connectivity index (χ4n) is 2.53. The molecule has 2 aromatic carbocycles. The maximum Gasteiger partial charge on any atom is 0.101 e. The molecule has 0 aliphatic rings.